The molecule has 59 heavy (non-hydrogen) atoms. The van der Waals surface area contributed by atoms with E-state index in [4.69, 9.17) is 14.2 Å². The average molecular weight is 837 g/mol. The largest absolute Gasteiger partial charge is 0.481 e. The van der Waals surface area contributed by atoms with Crippen LogP contribution in [-0.4, -0.2) is 111 Å². The number of unbranched alkanes of at least 4 members (excludes halogenated alkanes) is 24. The zero-order chi connectivity index (χ0) is 43.0. The molecule has 0 aromatic heterocycles. The maximum absolute atomic E-state index is 11.2. The maximum atomic E-state index is 11.2. The van der Waals surface area contributed by atoms with Crippen molar-refractivity contribution in [3.63, 3.8) is 0 Å². The van der Waals surface area contributed by atoms with Crippen LogP contribution in [0.3, 0.4) is 0 Å². The van der Waals surface area contributed by atoms with Crippen LogP contribution < -0.4 is 0 Å². The van der Waals surface area contributed by atoms with Gasteiger partial charge in [-0.15, -0.1) is 0 Å². The van der Waals surface area contributed by atoms with Gasteiger partial charge in [0.1, 0.15) is 0 Å². The predicted octanol–water partition coefficient (Wildman–Crippen LogP) is 12.7. The molecule has 0 amide bonds. The van der Waals surface area contributed by atoms with Crippen LogP contribution in [-0.2, 0) is 23.8 Å². The summed E-state index contributed by atoms with van der Waals surface area (Å²) in [5, 5.41) is 18.4. The second-order valence-electron chi connectivity index (χ2n) is 16.7. The Labute approximate surface area is 364 Å². The Kier molecular flexibility index (Phi) is 47.4. The lowest BCUT2D eigenvalue weighted by Crippen LogP contribution is -2.31. The molecule has 0 fully saturated rings. The van der Waals surface area contributed by atoms with E-state index in [1.54, 1.807) is 0 Å². The van der Waals surface area contributed by atoms with Gasteiger partial charge in [0.15, 0.2) is 0 Å². The highest BCUT2D eigenvalue weighted by atomic mass is 16.5. The molecule has 0 heterocycles. The van der Waals surface area contributed by atoms with Crippen LogP contribution in [0.5, 0.6) is 0 Å². The molecule has 0 saturated carbocycles. The van der Waals surface area contributed by atoms with Crippen LogP contribution in [0.2, 0.25) is 0 Å². The fourth-order valence-corrected chi connectivity index (χ4v) is 7.27. The highest BCUT2D eigenvalue weighted by Gasteiger charge is 2.09. The molecule has 9 nitrogen and oxygen atoms in total. The number of allylic oxidation sites excluding steroid dienone is 4. The van der Waals surface area contributed by atoms with Gasteiger partial charge in [0.25, 0.3) is 0 Å². The first-order chi connectivity index (χ1) is 29.0. The Morgan fingerprint density at radius 1 is 0.356 bits per heavy atom. The van der Waals surface area contributed by atoms with Gasteiger partial charge in [-0.2, -0.15) is 0 Å². The zero-order valence-corrected chi connectivity index (χ0v) is 38.8. The van der Waals surface area contributed by atoms with Gasteiger partial charge in [-0.25, -0.2) is 0 Å². The second-order valence-corrected chi connectivity index (χ2v) is 16.7. The van der Waals surface area contributed by atoms with Crippen molar-refractivity contribution in [2.45, 2.75) is 206 Å². The summed E-state index contributed by atoms with van der Waals surface area (Å²) in [7, 11) is 0. The molecule has 0 saturated heterocycles. The molecule has 0 aromatic rings. The summed E-state index contributed by atoms with van der Waals surface area (Å²) in [5.74, 6) is -1.51. The van der Waals surface area contributed by atoms with Crippen molar-refractivity contribution in [2.24, 2.45) is 0 Å². The minimum Gasteiger partial charge on any atom is -0.481 e. The van der Waals surface area contributed by atoms with E-state index in [9.17, 15) is 19.8 Å². The molecule has 0 radical (unpaired) electrons. The van der Waals surface area contributed by atoms with Crippen LogP contribution in [0.1, 0.15) is 206 Å². The van der Waals surface area contributed by atoms with Gasteiger partial charge in [-0.1, -0.05) is 154 Å². The highest BCUT2D eigenvalue weighted by Crippen LogP contribution is 2.12. The molecule has 9 heteroatoms. The van der Waals surface area contributed by atoms with E-state index in [0.717, 1.165) is 39.0 Å². The zero-order valence-electron chi connectivity index (χ0n) is 38.8. The van der Waals surface area contributed by atoms with E-state index < -0.39 is 11.9 Å². The summed E-state index contributed by atoms with van der Waals surface area (Å²) < 4.78 is 17.3. The van der Waals surface area contributed by atoms with E-state index in [1.807, 2.05) is 0 Å². The molecule has 0 aromatic carbocycles. The fraction of sp³-hybridized carbons (Fsp3) is 0.880. The van der Waals surface area contributed by atoms with E-state index in [1.165, 1.54) is 167 Å². The van der Waals surface area contributed by atoms with Crippen LogP contribution in [0.4, 0.5) is 0 Å². The summed E-state index contributed by atoms with van der Waals surface area (Å²) in [6, 6.07) is 0. The lowest BCUT2D eigenvalue weighted by molar-refractivity contribution is -0.138. The molecule has 0 aliphatic heterocycles. The molecule has 348 valence electrons. The number of ether oxygens (including phenoxy) is 3. The number of nitrogens with zero attached hydrogens (tertiary/aromatic N) is 2. The van der Waals surface area contributed by atoms with Crippen LogP contribution in [0.15, 0.2) is 24.3 Å². The Hall–Kier alpha value is -1.78. The number of carbonyl (C=O) groups is 2. The van der Waals surface area contributed by atoms with Crippen LogP contribution in [0.25, 0.3) is 0 Å². The van der Waals surface area contributed by atoms with Crippen molar-refractivity contribution in [2.75, 3.05) is 78.9 Å². The Bertz CT molecular complexity index is 859. The summed E-state index contributed by atoms with van der Waals surface area (Å²) in [6.07, 6.45) is 45.8. The Morgan fingerprint density at radius 3 is 0.932 bits per heavy atom. The topological polar surface area (TPSA) is 109 Å². The number of aliphatic carboxylic acids is 2. The lowest BCUT2D eigenvalue weighted by Gasteiger charge is -2.21. The van der Waals surface area contributed by atoms with Gasteiger partial charge in [0.05, 0.1) is 52.5 Å². The van der Waals surface area contributed by atoms with Crippen molar-refractivity contribution in [1.82, 2.24) is 9.80 Å². The summed E-state index contributed by atoms with van der Waals surface area (Å²) in [5.41, 5.74) is 0. The smallest absolute Gasteiger partial charge is 0.304 e. The SMILES string of the molecule is CCCCCCCC/C=C/CCCCCCCCN(CCOCCOCCOCCN(CCCCCCCC/C=C/CCCCCCCC)CCC(=O)O)CCC(=O)O. The summed E-state index contributed by atoms with van der Waals surface area (Å²) in [4.78, 5) is 26.8. The van der Waals surface area contributed by atoms with Gasteiger partial charge in [-0.05, 0) is 77.3 Å². The van der Waals surface area contributed by atoms with E-state index >= 15 is 0 Å². The molecule has 0 aliphatic carbocycles. The normalized spacial score (nSPS) is 12.0. The molecule has 0 unspecified atom stereocenters. The van der Waals surface area contributed by atoms with Gasteiger partial charge in [0.2, 0.25) is 0 Å². The highest BCUT2D eigenvalue weighted by molar-refractivity contribution is 5.67. The quantitative estimate of drug-likeness (QED) is 0.0457. The monoisotopic (exact) mass is 837 g/mol. The standard InChI is InChI=1S/C50H96N2O7/c1-3-5-7-9-11-13-15-17-19-21-23-25-27-29-31-33-37-51(39-35-49(53)54)41-43-57-45-47-59-48-46-58-44-42-52(40-36-50(55)56)38-34-32-30-28-26-24-22-20-18-16-14-12-10-8-6-4-2/h17-20H,3-16,21-48H2,1-2H3,(H,53,54)(H,55,56)/b19-17+,20-18+. The van der Waals surface area contributed by atoms with Gasteiger partial charge in [-0.3, -0.25) is 9.59 Å². The first kappa shape index (κ1) is 57.2. The average Bonchev–Trinajstić information content (AvgIpc) is 3.22. The third kappa shape index (κ3) is 48.8. The number of rotatable bonds is 50. The van der Waals surface area contributed by atoms with Gasteiger partial charge < -0.3 is 34.2 Å². The lowest BCUT2D eigenvalue weighted by atomic mass is 10.1. The number of hydrogen-bond donors (Lipinski definition) is 2. The third-order valence-corrected chi connectivity index (χ3v) is 11.1. The molecule has 0 aliphatic rings. The maximum Gasteiger partial charge on any atom is 0.304 e. The number of hydrogen-bond acceptors (Lipinski definition) is 7. The minimum absolute atomic E-state index is 0.157. The van der Waals surface area contributed by atoms with Crippen molar-refractivity contribution >= 4 is 11.9 Å². The number of carboxylic acid groups (broad SMARTS) is 2. The van der Waals surface area contributed by atoms with Gasteiger partial charge in [0, 0.05) is 26.2 Å². The number of carboxylic acids is 2. The Morgan fingerprint density at radius 2 is 0.627 bits per heavy atom. The van der Waals surface area contributed by atoms with Crippen molar-refractivity contribution in [1.29, 1.82) is 0 Å². The first-order valence-electron chi connectivity index (χ1n) is 24.9. The third-order valence-electron chi connectivity index (χ3n) is 11.1. The van der Waals surface area contributed by atoms with Crippen LogP contribution in [0, 0.1) is 0 Å². The molecule has 0 spiro atoms. The molecular formula is C50H96N2O7. The first-order valence-corrected chi connectivity index (χ1v) is 24.9. The van der Waals surface area contributed by atoms with Crippen LogP contribution >= 0.6 is 0 Å². The molecule has 0 atom stereocenters. The fourth-order valence-electron chi connectivity index (χ4n) is 7.27. The molecule has 0 bridgehead atoms. The minimum atomic E-state index is -0.755. The molecule has 0 rings (SSSR count). The van der Waals surface area contributed by atoms with Crippen molar-refractivity contribution in [3.05, 3.63) is 24.3 Å². The van der Waals surface area contributed by atoms with E-state index in [0.29, 0.717) is 52.7 Å². The van der Waals surface area contributed by atoms with Crippen molar-refractivity contribution in [3.8, 4) is 0 Å². The summed E-state index contributed by atoms with van der Waals surface area (Å²) in [6.45, 7) is 12.1. The van der Waals surface area contributed by atoms with Crippen molar-refractivity contribution < 1.29 is 34.0 Å². The van der Waals surface area contributed by atoms with Gasteiger partial charge >= 0.3 is 11.9 Å². The van der Waals surface area contributed by atoms with E-state index in [2.05, 4.69) is 48.0 Å². The molecule has 2 N–H and O–H groups in total. The predicted molar refractivity (Wildman–Crippen MR) is 249 cm³/mol. The Balaban J connectivity index is 3.86. The summed E-state index contributed by atoms with van der Waals surface area (Å²) >= 11 is 0. The van der Waals surface area contributed by atoms with E-state index in [-0.39, 0.29) is 12.8 Å². The second kappa shape index (κ2) is 48.9. The molecular weight excluding hydrogens is 741 g/mol.